The van der Waals surface area contributed by atoms with Gasteiger partial charge in [-0.25, -0.2) is 4.79 Å². The average molecular weight is 240 g/mol. The van der Waals surface area contributed by atoms with Crippen LogP contribution in [-0.2, 0) is 6.42 Å². The van der Waals surface area contributed by atoms with Gasteiger partial charge < -0.3 is 10.0 Å². The number of halogens is 1. The van der Waals surface area contributed by atoms with Gasteiger partial charge in [-0.15, -0.1) is 0 Å². The Bertz CT molecular complexity index is 419. The second kappa shape index (κ2) is 4.34. The molecule has 16 heavy (non-hydrogen) atoms. The van der Waals surface area contributed by atoms with Crippen molar-refractivity contribution in [2.45, 2.75) is 25.3 Å². The Labute approximate surface area is 99.6 Å². The summed E-state index contributed by atoms with van der Waals surface area (Å²) in [6, 6.07) is 5.69. The molecule has 0 aromatic heterocycles. The van der Waals surface area contributed by atoms with Crippen LogP contribution in [0.1, 0.15) is 30.0 Å². The van der Waals surface area contributed by atoms with Crippen LogP contribution in [0.5, 0.6) is 0 Å². The molecule has 0 saturated heterocycles. The zero-order valence-corrected chi connectivity index (χ0v) is 9.87. The van der Waals surface area contributed by atoms with Crippen molar-refractivity contribution < 1.29 is 9.90 Å². The number of hydrogen-bond acceptors (Lipinski definition) is 1. The molecule has 0 bridgehead atoms. The fourth-order valence-corrected chi connectivity index (χ4v) is 2.49. The van der Waals surface area contributed by atoms with Crippen molar-refractivity contribution in [3.8, 4) is 0 Å². The van der Waals surface area contributed by atoms with Crippen LogP contribution in [0.3, 0.4) is 0 Å². The fourth-order valence-electron chi connectivity index (χ4n) is 2.29. The van der Waals surface area contributed by atoms with Gasteiger partial charge >= 0.3 is 6.09 Å². The molecule has 0 aliphatic heterocycles. The minimum atomic E-state index is -0.882. The lowest BCUT2D eigenvalue weighted by molar-refractivity contribution is 0.133. The van der Waals surface area contributed by atoms with Crippen LogP contribution in [0.15, 0.2) is 18.2 Å². The third-order valence-corrected chi connectivity index (χ3v) is 3.39. The van der Waals surface area contributed by atoms with E-state index >= 15 is 0 Å². The summed E-state index contributed by atoms with van der Waals surface area (Å²) < 4.78 is 0. The molecule has 0 spiro atoms. The van der Waals surface area contributed by atoms with E-state index in [2.05, 4.69) is 0 Å². The maximum Gasteiger partial charge on any atom is 0.407 e. The van der Waals surface area contributed by atoms with Crippen molar-refractivity contribution in [1.29, 1.82) is 0 Å². The van der Waals surface area contributed by atoms with Gasteiger partial charge in [-0.1, -0.05) is 17.7 Å². The number of carbonyl (C=O) groups is 1. The second-order valence-corrected chi connectivity index (χ2v) is 4.58. The zero-order valence-electron chi connectivity index (χ0n) is 9.11. The molecule has 1 aromatic carbocycles. The Hall–Kier alpha value is -1.22. The first-order chi connectivity index (χ1) is 7.59. The van der Waals surface area contributed by atoms with Crippen molar-refractivity contribution in [3.63, 3.8) is 0 Å². The predicted molar refractivity (Wildman–Crippen MR) is 62.9 cm³/mol. The number of carboxylic acid groups (broad SMARTS) is 1. The Morgan fingerprint density at radius 3 is 3.00 bits per heavy atom. The Morgan fingerprint density at radius 2 is 2.31 bits per heavy atom. The molecule has 0 fully saturated rings. The molecular formula is C12H14ClNO2. The van der Waals surface area contributed by atoms with E-state index in [1.807, 2.05) is 18.2 Å². The lowest BCUT2D eigenvalue weighted by atomic mass is 9.87. The monoisotopic (exact) mass is 239 g/mol. The summed E-state index contributed by atoms with van der Waals surface area (Å²) in [4.78, 5) is 12.4. The van der Waals surface area contributed by atoms with E-state index in [0.29, 0.717) is 0 Å². The van der Waals surface area contributed by atoms with E-state index in [1.165, 1.54) is 10.5 Å². The molecule has 0 radical (unpaired) electrons. The maximum atomic E-state index is 11.0. The molecule has 1 aromatic rings. The quantitative estimate of drug-likeness (QED) is 0.817. The number of rotatable bonds is 1. The number of hydrogen-bond donors (Lipinski definition) is 1. The molecule has 1 aliphatic carbocycles. The van der Waals surface area contributed by atoms with Gasteiger partial charge in [-0.2, -0.15) is 0 Å². The minimum absolute atomic E-state index is 0.0292. The third kappa shape index (κ3) is 2.00. The highest BCUT2D eigenvalue weighted by Crippen LogP contribution is 2.34. The second-order valence-electron chi connectivity index (χ2n) is 4.14. The Kier molecular flexibility index (Phi) is 3.06. The van der Waals surface area contributed by atoms with Crippen LogP contribution in [0, 0.1) is 0 Å². The molecule has 1 N–H and O–H groups in total. The van der Waals surface area contributed by atoms with E-state index in [9.17, 15) is 4.79 Å². The molecule has 2 rings (SSSR count). The summed E-state index contributed by atoms with van der Waals surface area (Å²) in [5.74, 6) is 0. The third-order valence-electron chi connectivity index (χ3n) is 3.16. The largest absolute Gasteiger partial charge is 0.465 e. The van der Waals surface area contributed by atoms with Crippen LogP contribution < -0.4 is 0 Å². The summed E-state index contributed by atoms with van der Waals surface area (Å²) >= 11 is 5.94. The molecule has 3 nitrogen and oxygen atoms in total. The average Bonchev–Trinajstić information content (AvgIpc) is 2.26. The highest BCUT2D eigenvalue weighted by Gasteiger charge is 2.26. The molecule has 0 heterocycles. The van der Waals surface area contributed by atoms with Crippen LogP contribution in [0.2, 0.25) is 5.02 Å². The minimum Gasteiger partial charge on any atom is -0.465 e. The van der Waals surface area contributed by atoms with Gasteiger partial charge in [0.05, 0.1) is 6.04 Å². The normalized spacial score (nSPS) is 19.0. The highest BCUT2D eigenvalue weighted by molar-refractivity contribution is 6.30. The summed E-state index contributed by atoms with van der Waals surface area (Å²) in [5, 5.41) is 9.73. The van der Waals surface area contributed by atoms with E-state index in [0.717, 1.165) is 29.8 Å². The standard InChI is InChI=1S/C12H14ClNO2/c1-14(12(15)16)11-4-2-3-8-7-9(13)5-6-10(8)11/h5-7,11H,2-4H2,1H3,(H,15,16). The highest BCUT2D eigenvalue weighted by atomic mass is 35.5. The molecular weight excluding hydrogens is 226 g/mol. The van der Waals surface area contributed by atoms with Gasteiger partial charge in [0, 0.05) is 12.1 Å². The van der Waals surface area contributed by atoms with E-state index < -0.39 is 6.09 Å². The van der Waals surface area contributed by atoms with Crippen LogP contribution >= 0.6 is 11.6 Å². The molecule has 1 amide bonds. The lowest BCUT2D eigenvalue weighted by Crippen LogP contribution is -2.32. The fraction of sp³-hybridized carbons (Fsp3) is 0.417. The Balaban J connectivity index is 2.36. The number of fused-ring (bicyclic) bond motifs is 1. The number of nitrogens with zero attached hydrogens (tertiary/aromatic N) is 1. The lowest BCUT2D eigenvalue weighted by Gasteiger charge is -2.31. The smallest absolute Gasteiger partial charge is 0.407 e. The molecule has 1 aliphatic rings. The number of aryl methyl sites for hydroxylation is 1. The Morgan fingerprint density at radius 1 is 1.56 bits per heavy atom. The number of benzene rings is 1. The van der Waals surface area contributed by atoms with Crippen LogP contribution in [-0.4, -0.2) is 23.1 Å². The van der Waals surface area contributed by atoms with Gasteiger partial charge in [0.15, 0.2) is 0 Å². The van der Waals surface area contributed by atoms with E-state index in [1.54, 1.807) is 7.05 Å². The summed E-state index contributed by atoms with van der Waals surface area (Å²) in [6.45, 7) is 0. The molecule has 86 valence electrons. The van der Waals surface area contributed by atoms with Crippen molar-refractivity contribution in [1.82, 2.24) is 4.90 Å². The van der Waals surface area contributed by atoms with Gasteiger partial charge in [-0.3, -0.25) is 0 Å². The maximum absolute atomic E-state index is 11.0. The first-order valence-corrected chi connectivity index (χ1v) is 5.71. The van der Waals surface area contributed by atoms with Gasteiger partial charge in [0.2, 0.25) is 0 Å². The van der Waals surface area contributed by atoms with Crippen molar-refractivity contribution in [2.24, 2.45) is 0 Å². The van der Waals surface area contributed by atoms with Gasteiger partial charge in [0.25, 0.3) is 0 Å². The van der Waals surface area contributed by atoms with Gasteiger partial charge in [0.1, 0.15) is 0 Å². The molecule has 1 unspecified atom stereocenters. The summed E-state index contributed by atoms with van der Waals surface area (Å²) in [5.41, 5.74) is 2.28. The summed E-state index contributed by atoms with van der Waals surface area (Å²) in [6.07, 6.45) is 2.00. The van der Waals surface area contributed by atoms with Crippen molar-refractivity contribution in [2.75, 3.05) is 7.05 Å². The van der Waals surface area contributed by atoms with E-state index in [4.69, 9.17) is 16.7 Å². The summed E-state index contributed by atoms with van der Waals surface area (Å²) in [7, 11) is 1.62. The van der Waals surface area contributed by atoms with Crippen LogP contribution in [0.4, 0.5) is 4.79 Å². The SMILES string of the molecule is CN(C(=O)O)C1CCCc2cc(Cl)ccc21. The first-order valence-electron chi connectivity index (χ1n) is 5.33. The molecule has 0 saturated carbocycles. The first kappa shape index (κ1) is 11.3. The van der Waals surface area contributed by atoms with Crippen molar-refractivity contribution >= 4 is 17.7 Å². The zero-order chi connectivity index (χ0) is 11.7. The molecule has 1 atom stereocenters. The van der Waals surface area contributed by atoms with Gasteiger partial charge in [-0.05, 0) is 42.5 Å². The topological polar surface area (TPSA) is 40.5 Å². The predicted octanol–water partition coefficient (Wildman–Crippen LogP) is 3.33. The van der Waals surface area contributed by atoms with Crippen LogP contribution in [0.25, 0.3) is 0 Å². The van der Waals surface area contributed by atoms with Crippen molar-refractivity contribution in [3.05, 3.63) is 34.3 Å². The number of amides is 1. The van der Waals surface area contributed by atoms with E-state index in [-0.39, 0.29) is 6.04 Å². The molecule has 4 heteroatoms.